The molecule has 3 heterocycles. The number of aromatic nitrogens is 3. The Hall–Kier alpha value is -1.93. The molecule has 1 N–H and O–H groups in total. The number of ether oxygens (including phenoxy) is 1. The summed E-state index contributed by atoms with van der Waals surface area (Å²) in [4.78, 5) is 3.94. The van der Waals surface area contributed by atoms with Crippen LogP contribution in [0.5, 0.6) is 0 Å². The second-order valence-electron chi connectivity index (χ2n) is 5.23. The number of hydrogen-bond donors (Lipinski definition) is 1. The Balaban J connectivity index is 1.66. The average molecular weight is 322 g/mol. The Morgan fingerprint density at radius 3 is 3.00 bits per heavy atom. The monoisotopic (exact) mass is 322 g/mol. The van der Waals surface area contributed by atoms with E-state index in [1.54, 1.807) is 16.9 Å². The van der Waals surface area contributed by atoms with Gasteiger partial charge in [-0.25, -0.2) is 8.42 Å². The second kappa shape index (κ2) is 6.45. The van der Waals surface area contributed by atoms with Crippen molar-refractivity contribution < 1.29 is 13.2 Å². The third kappa shape index (κ3) is 3.63. The fourth-order valence-corrected chi connectivity index (χ4v) is 3.39. The summed E-state index contributed by atoms with van der Waals surface area (Å²) in [6.07, 6.45) is 9.43. The molecule has 0 aliphatic carbocycles. The van der Waals surface area contributed by atoms with Crippen molar-refractivity contribution in [1.82, 2.24) is 14.8 Å². The van der Waals surface area contributed by atoms with Crippen molar-refractivity contribution in [3.05, 3.63) is 36.9 Å². The van der Waals surface area contributed by atoms with Crippen molar-refractivity contribution in [2.75, 3.05) is 11.3 Å². The Bertz CT molecular complexity index is 709. The maximum absolute atomic E-state index is 12.2. The highest BCUT2D eigenvalue weighted by molar-refractivity contribution is 7.92. The molecule has 1 atom stereocenters. The molecule has 2 aromatic rings. The van der Waals surface area contributed by atoms with E-state index in [-0.39, 0.29) is 11.0 Å². The molecule has 1 fully saturated rings. The topological polar surface area (TPSA) is 86.1 Å². The molecule has 22 heavy (non-hydrogen) atoms. The Morgan fingerprint density at radius 2 is 2.27 bits per heavy atom. The molecule has 1 aliphatic rings. The van der Waals surface area contributed by atoms with Crippen LogP contribution in [-0.4, -0.2) is 35.9 Å². The van der Waals surface area contributed by atoms with E-state index in [0.717, 1.165) is 25.9 Å². The highest BCUT2D eigenvalue weighted by atomic mass is 32.2. The van der Waals surface area contributed by atoms with E-state index in [1.165, 1.54) is 24.7 Å². The van der Waals surface area contributed by atoms with Crippen LogP contribution in [0.2, 0.25) is 0 Å². The first-order valence-corrected chi connectivity index (χ1v) is 8.69. The molecular formula is C14H18N4O3S. The third-order valence-corrected chi connectivity index (χ3v) is 4.86. The van der Waals surface area contributed by atoms with Crippen LogP contribution < -0.4 is 4.72 Å². The average Bonchev–Trinajstić information content (AvgIpc) is 2.95. The summed E-state index contributed by atoms with van der Waals surface area (Å²) in [6, 6.07) is 3.08. The van der Waals surface area contributed by atoms with Crippen molar-refractivity contribution in [1.29, 1.82) is 0 Å². The van der Waals surface area contributed by atoms with Gasteiger partial charge in [-0.3, -0.25) is 14.4 Å². The highest BCUT2D eigenvalue weighted by Crippen LogP contribution is 2.17. The summed E-state index contributed by atoms with van der Waals surface area (Å²) >= 11 is 0. The summed E-state index contributed by atoms with van der Waals surface area (Å²) in [5, 5.41) is 4.18. The van der Waals surface area contributed by atoms with Crippen LogP contribution in [0.1, 0.15) is 19.3 Å². The van der Waals surface area contributed by atoms with E-state index >= 15 is 0 Å². The van der Waals surface area contributed by atoms with Gasteiger partial charge in [0.2, 0.25) is 0 Å². The number of pyridine rings is 1. The van der Waals surface area contributed by atoms with Gasteiger partial charge >= 0.3 is 0 Å². The van der Waals surface area contributed by atoms with Gasteiger partial charge in [-0.05, 0) is 31.4 Å². The van der Waals surface area contributed by atoms with E-state index in [1.807, 2.05) is 0 Å². The third-order valence-electron chi connectivity index (χ3n) is 3.49. The van der Waals surface area contributed by atoms with Crippen LogP contribution in [-0.2, 0) is 21.3 Å². The van der Waals surface area contributed by atoms with Gasteiger partial charge in [0, 0.05) is 25.2 Å². The maximum atomic E-state index is 12.2. The summed E-state index contributed by atoms with van der Waals surface area (Å²) in [7, 11) is -3.63. The number of anilines is 1. The molecule has 1 saturated heterocycles. The molecule has 0 saturated carbocycles. The minimum Gasteiger partial charge on any atom is -0.376 e. The van der Waals surface area contributed by atoms with Gasteiger partial charge in [0.05, 0.1) is 24.5 Å². The lowest BCUT2D eigenvalue weighted by Crippen LogP contribution is -2.24. The fraction of sp³-hybridized carbons (Fsp3) is 0.429. The zero-order valence-corrected chi connectivity index (χ0v) is 12.9. The largest absolute Gasteiger partial charge is 0.376 e. The first-order valence-electron chi connectivity index (χ1n) is 7.20. The molecule has 3 rings (SSSR count). The van der Waals surface area contributed by atoms with E-state index in [0.29, 0.717) is 12.2 Å². The number of hydrogen-bond acceptors (Lipinski definition) is 5. The molecule has 0 bridgehead atoms. The molecule has 0 radical (unpaired) electrons. The van der Waals surface area contributed by atoms with Gasteiger partial charge in [0.15, 0.2) is 0 Å². The van der Waals surface area contributed by atoms with Crippen LogP contribution in [0.4, 0.5) is 5.69 Å². The van der Waals surface area contributed by atoms with E-state index in [2.05, 4.69) is 14.8 Å². The Labute approximate surface area is 129 Å². The number of rotatable bonds is 5. The molecule has 0 spiro atoms. The zero-order valence-electron chi connectivity index (χ0n) is 12.1. The number of nitrogens with zero attached hydrogens (tertiary/aromatic N) is 3. The lowest BCUT2D eigenvalue weighted by atomic mass is 10.1. The van der Waals surface area contributed by atoms with Crippen LogP contribution in [0, 0.1) is 0 Å². The lowest BCUT2D eigenvalue weighted by molar-refractivity contribution is 0.00401. The normalized spacial score (nSPS) is 19.0. The van der Waals surface area contributed by atoms with E-state index < -0.39 is 10.0 Å². The molecule has 1 unspecified atom stereocenters. The van der Waals surface area contributed by atoms with E-state index in [4.69, 9.17) is 4.74 Å². The lowest BCUT2D eigenvalue weighted by Gasteiger charge is -2.22. The minimum atomic E-state index is -3.63. The van der Waals surface area contributed by atoms with Crippen molar-refractivity contribution in [2.24, 2.45) is 0 Å². The van der Waals surface area contributed by atoms with Crippen LogP contribution in [0.15, 0.2) is 41.8 Å². The van der Waals surface area contributed by atoms with Gasteiger partial charge < -0.3 is 4.74 Å². The predicted molar refractivity (Wildman–Crippen MR) is 80.9 cm³/mol. The van der Waals surface area contributed by atoms with Crippen LogP contribution in [0.25, 0.3) is 0 Å². The molecule has 0 amide bonds. The van der Waals surface area contributed by atoms with Gasteiger partial charge in [0.25, 0.3) is 10.0 Å². The fourth-order valence-electron chi connectivity index (χ4n) is 2.40. The van der Waals surface area contributed by atoms with Crippen molar-refractivity contribution >= 4 is 15.7 Å². The molecule has 118 valence electrons. The summed E-state index contributed by atoms with van der Waals surface area (Å²) < 4.78 is 34.2. The van der Waals surface area contributed by atoms with Gasteiger partial charge in [-0.15, -0.1) is 0 Å². The molecule has 2 aromatic heterocycles. The standard InChI is InChI=1S/C14H18N4O3S/c19-22(20,14-5-3-6-15-9-14)17-12-8-16-18(10-12)11-13-4-1-2-7-21-13/h3,5-6,8-10,13,17H,1-2,4,7,11H2. The van der Waals surface area contributed by atoms with Crippen molar-refractivity contribution in [3.63, 3.8) is 0 Å². The number of sulfonamides is 1. The molecule has 1 aliphatic heterocycles. The Kier molecular flexibility index (Phi) is 4.39. The summed E-state index contributed by atoms with van der Waals surface area (Å²) in [5.41, 5.74) is 0.430. The first-order chi connectivity index (χ1) is 10.6. The molecule has 0 aromatic carbocycles. The number of nitrogens with one attached hydrogen (secondary N) is 1. The summed E-state index contributed by atoms with van der Waals surface area (Å²) in [5.74, 6) is 0. The Morgan fingerprint density at radius 1 is 1.36 bits per heavy atom. The SMILES string of the molecule is O=S(=O)(Nc1cnn(CC2CCCCO2)c1)c1cccnc1. The molecule has 7 nitrogen and oxygen atoms in total. The van der Waals surface area contributed by atoms with E-state index in [9.17, 15) is 8.42 Å². The zero-order chi connectivity index (χ0) is 15.4. The first kappa shape index (κ1) is 15.0. The summed E-state index contributed by atoms with van der Waals surface area (Å²) in [6.45, 7) is 1.42. The van der Waals surface area contributed by atoms with Crippen molar-refractivity contribution in [2.45, 2.75) is 36.8 Å². The quantitative estimate of drug-likeness (QED) is 0.904. The van der Waals surface area contributed by atoms with Gasteiger partial charge in [-0.2, -0.15) is 5.10 Å². The van der Waals surface area contributed by atoms with Crippen LogP contribution >= 0.6 is 0 Å². The minimum absolute atomic E-state index is 0.123. The maximum Gasteiger partial charge on any atom is 0.263 e. The van der Waals surface area contributed by atoms with Gasteiger partial charge in [0.1, 0.15) is 4.90 Å². The predicted octanol–water partition coefficient (Wildman–Crippen LogP) is 1.65. The van der Waals surface area contributed by atoms with Crippen molar-refractivity contribution in [3.8, 4) is 0 Å². The highest BCUT2D eigenvalue weighted by Gasteiger charge is 2.17. The van der Waals surface area contributed by atoms with Crippen LogP contribution in [0.3, 0.4) is 0 Å². The molecular weight excluding hydrogens is 304 g/mol. The molecule has 8 heteroatoms. The second-order valence-corrected chi connectivity index (χ2v) is 6.92. The van der Waals surface area contributed by atoms with Gasteiger partial charge in [-0.1, -0.05) is 0 Å². The smallest absolute Gasteiger partial charge is 0.263 e.